The molecule has 100 valence electrons. The molecule has 0 bridgehead atoms. The monoisotopic (exact) mass is 253 g/mol. The number of amides is 1. The lowest BCUT2D eigenvalue weighted by atomic mass is 10.1. The molecule has 0 heterocycles. The Hall–Kier alpha value is -1.59. The van der Waals surface area contributed by atoms with Crippen molar-refractivity contribution in [2.24, 2.45) is 0 Å². The molecule has 0 spiro atoms. The third-order valence-electron chi connectivity index (χ3n) is 2.53. The van der Waals surface area contributed by atoms with Gasteiger partial charge in [-0.05, 0) is 24.1 Å². The first-order valence-electron chi connectivity index (χ1n) is 5.92. The Bertz CT molecular complexity index is 364. The summed E-state index contributed by atoms with van der Waals surface area (Å²) in [6.45, 7) is 2.78. The zero-order valence-corrected chi connectivity index (χ0v) is 10.7. The number of carbonyl (C=O) groups is 1. The van der Waals surface area contributed by atoms with Crippen LogP contribution in [0.4, 0.5) is 0 Å². The maximum Gasteiger partial charge on any atom is 0.277 e. The highest BCUT2D eigenvalue weighted by Crippen LogP contribution is 2.20. The highest BCUT2D eigenvalue weighted by molar-refractivity contribution is 5.81. The number of hydroxylamine groups is 1. The van der Waals surface area contributed by atoms with Crippen molar-refractivity contribution in [1.29, 1.82) is 0 Å². The average Bonchev–Trinajstić information content (AvgIpc) is 2.41. The van der Waals surface area contributed by atoms with Crippen LogP contribution < -0.4 is 10.2 Å². The number of methoxy groups -OCH3 is 1. The Labute approximate surface area is 107 Å². The first kappa shape index (κ1) is 14.5. The average molecular weight is 253 g/mol. The van der Waals surface area contributed by atoms with Crippen molar-refractivity contribution in [2.45, 2.75) is 25.9 Å². The van der Waals surface area contributed by atoms with Crippen LogP contribution in [0.5, 0.6) is 5.75 Å². The van der Waals surface area contributed by atoms with Crippen molar-refractivity contribution >= 4 is 5.91 Å². The highest BCUT2D eigenvalue weighted by atomic mass is 16.5. The Kier molecular flexibility index (Phi) is 6.18. The number of carbonyl (C=O) groups excluding carboxylic acids is 1. The Balaban J connectivity index is 2.65. The molecule has 1 atom stereocenters. The molecule has 1 aromatic rings. The summed E-state index contributed by atoms with van der Waals surface area (Å²) < 4.78 is 10.5. The van der Waals surface area contributed by atoms with E-state index in [1.807, 2.05) is 0 Å². The molecule has 0 saturated carbocycles. The minimum atomic E-state index is -0.820. The molecule has 0 fully saturated rings. The molecule has 0 saturated heterocycles. The van der Waals surface area contributed by atoms with Gasteiger partial charge in [0.05, 0.1) is 6.61 Å². The van der Waals surface area contributed by atoms with E-state index in [-0.39, 0.29) is 0 Å². The van der Waals surface area contributed by atoms with Crippen molar-refractivity contribution in [3.05, 3.63) is 29.8 Å². The maximum absolute atomic E-state index is 11.3. The zero-order chi connectivity index (χ0) is 13.4. The normalized spacial score (nSPS) is 11.9. The summed E-state index contributed by atoms with van der Waals surface area (Å²) in [7, 11) is 1.41. The van der Waals surface area contributed by atoms with E-state index in [9.17, 15) is 4.79 Å². The Morgan fingerprint density at radius 1 is 1.39 bits per heavy atom. The molecule has 0 aliphatic carbocycles. The van der Waals surface area contributed by atoms with Crippen molar-refractivity contribution in [3.63, 3.8) is 0 Å². The smallest absolute Gasteiger partial charge is 0.277 e. The molecule has 0 aliphatic heterocycles. The third-order valence-corrected chi connectivity index (χ3v) is 2.53. The first-order valence-corrected chi connectivity index (χ1v) is 5.92. The summed E-state index contributed by atoms with van der Waals surface area (Å²) in [5, 5.41) is 8.59. The van der Waals surface area contributed by atoms with Crippen LogP contribution in [0.1, 0.15) is 31.4 Å². The number of benzene rings is 1. The van der Waals surface area contributed by atoms with Crippen LogP contribution >= 0.6 is 0 Å². The zero-order valence-electron chi connectivity index (χ0n) is 10.7. The summed E-state index contributed by atoms with van der Waals surface area (Å²) in [5.74, 6) is 0.156. The summed E-state index contributed by atoms with van der Waals surface area (Å²) >= 11 is 0. The van der Waals surface area contributed by atoms with Gasteiger partial charge in [-0.2, -0.15) is 0 Å². The molecule has 1 rings (SSSR count). The number of hydrogen-bond donors (Lipinski definition) is 2. The standard InChI is InChI=1S/C13H19NO4/c1-3-4-9-18-11-7-5-10(6-8-11)12(17-2)13(15)14-16/h5-8,12,16H,3-4,9H2,1-2H3,(H,14,15). The minimum absolute atomic E-state index is 0.600. The number of ether oxygens (including phenoxy) is 2. The van der Waals surface area contributed by atoms with Crippen LogP contribution in [-0.4, -0.2) is 24.8 Å². The van der Waals surface area contributed by atoms with Crippen LogP contribution in [0.3, 0.4) is 0 Å². The quantitative estimate of drug-likeness (QED) is 0.443. The largest absolute Gasteiger partial charge is 0.494 e. The van der Waals surface area contributed by atoms with E-state index < -0.39 is 12.0 Å². The lowest BCUT2D eigenvalue weighted by molar-refractivity contribution is -0.140. The Morgan fingerprint density at radius 3 is 2.56 bits per heavy atom. The Morgan fingerprint density at radius 2 is 2.06 bits per heavy atom. The molecule has 0 aromatic heterocycles. The molecule has 1 aromatic carbocycles. The van der Waals surface area contributed by atoms with Crippen LogP contribution in [0.25, 0.3) is 0 Å². The van der Waals surface area contributed by atoms with Gasteiger partial charge in [0.2, 0.25) is 0 Å². The van der Waals surface area contributed by atoms with E-state index in [0.29, 0.717) is 12.2 Å². The summed E-state index contributed by atoms with van der Waals surface area (Å²) in [6.07, 6.45) is 1.27. The van der Waals surface area contributed by atoms with E-state index in [4.69, 9.17) is 14.7 Å². The fourth-order valence-electron chi connectivity index (χ4n) is 1.53. The minimum Gasteiger partial charge on any atom is -0.494 e. The van der Waals surface area contributed by atoms with Crippen LogP contribution in [-0.2, 0) is 9.53 Å². The van der Waals surface area contributed by atoms with Gasteiger partial charge in [-0.25, -0.2) is 5.48 Å². The molecule has 5 heteroatoms. The lowest BCUT2D eigenvalue weighted by Crippen LogP contribution is -2.27. The second kappa shape index (κ2) is 7.68. The number of nitrogens with one attached hydrogen (secondary N) is 1. The topological polar surface area (TPSA) is 67.8 Å². The van der Waals surface area contributed by atoms with Crippen LogP contribution in [0.15, 0.2) is 24.3 Å². The number of unbranched alkanes of at least 4 members (excludes halogenated alkanes) is 1. The van der Waals surface area contributed by atoms with Gasteiger partial charge in [0.1, 0.15) is 5.75 Å². The molecule has 1 amide bonds. The summed E-state index contributed by atoms with van der Waals surface area (Å²) in [4.78, 5) is 11.3. The number of rotatable bonds is 7. The molecular formula is C13H19NO4. The van der Waals surface area contributed by atoms with Gasteiger partial charge in [0.25, 0.3) is 5.91 Å². The van der Waals surface area contributed by atoms with Gasteiger partial charge in [-0.1, -0.05) is 25.5 Å². The second-order valence-corrected chi connectivity index (χ2v) is 3.86. The van der Waals surface area contributed by atoms with Gasteiger partial charge in [-0.3, -0.25) is 10.0 Å². The fourth-order valence-corrected chi connectivity index (χ4v) is 1.53. The molecule has 0 radical (unpaired) electrons. The van der Waals surface area contributed by atoms with Crippen molar-refractivity contribution in [1.82, 2.24) is 5.48 Å². The van der Waals surface area contributed by atoms with E-state index in [0.717, 1.165) is 18.6 Å². The van der Waals surface area contributed by atoms with Gasteiger partial charge in [-0.15, -0.1) is 0 Å². The van der Waals surface area contributed by atoms with Crippen molar-refractivity contribution in [3.8, 4) is 5.75 Å². The first-order chi connectivity index (χ1) is 8.72. The lowest BCUT2D eigenvalue weighted by Gasteiger charge is -2.14. The van der Waals surface area contributed by atoms with Gasteiger partial charge in [0.15, 0.2) is 6.10 Å². The van der Waals surface area contributed by atoms with Crippen molar-refractivity contribution < 1.29 is 19.5 Å². The molecular weight excluding hydrogens is 234 g/mol. The van der Waals surface area contributed by atoms with E-state index >= 15 is 0 Å². The molecule has 1 unspecified atom stereocenters. The maximum atomic E-state index is 11.3. The SMILES string of the molecule is CCCCOc1ccc(C(OC)C(=O)NO)cc1. The molecule has 0 aliphatic rings. The van der Waals surface area contributed by atoms with Crippen LogP contribution in [0.2, 0.25) is 0 Å². The third kappa shape index (κ3) is 4.01. The van der Waals surface area contributed by atoms with Gasteiger partial charge < -0.3 is 9.47 Å². The molecule has 5 nitrogen and oxygen atoms in total. The van der Waals surface area contributed by atoms with E-state index in [1.54, 1.807) is 29.7 Å². The summed E-state index contributed by atoms with van der Waals surface area (Å²) in [6, 6.07) is 7.04. The fraction of sp³-hybridized carbons (Fsp3) is 0.462. The highest BCUT2D eigenvalue weighted by Gasteiger charge is 2.19. The van der Waals surface area contributed by atoms with E-state index in [2.05, 4.69) is 6.92 Å². The van der Waals surface area contributed by atoms with E-state index in [1.165, 1.54) is 7.11 Å². The molecule has 18 heavy (non-hydrogen) atoms. The number of hydrogen-bond acceptors (Lipinski definition) is 4. The molecule has 2 N–H and O–H groups in total. The van der Waals surface area contributed by atoms with Crippen molar-refractivity contribution in [2.75, 3.05) is 13.7 Å². The summed E-state index contributed by atoms with van der Waals surface area (Å²) in [5.41, 5.74) is 2.23. The van der Waals surface area contributed by atoms with Gasteiger partial charge >= 0.3 is 0 Å². The van der Waals surface area contributed by atoms with Gasteiger partial charge in [0, 0.05) is 7.11 Å². The van der Waals surface area contributed by atoms with Crippen LogP contribution in [0, 0.1) is 0 Å². The predicted molar refractivity (Wildman–Crippen MR) is 66.5 cm³/mol. The second-order valence-electron chi connectivity index (χ2n) is 3.86. The predicted octanol–water partition coefficient (Wildman–Crippen LogP) is 2.06.